The number of hydrogen-bond acceptors (Lipinski definition) is 6. The van der Waals surface area contributed by atoms with Crippen LogP contribution in [0, 0.1) is 0 Å². The van der Waals surface area contributed by atoms with Gasteiger partial charge in [-0.1, -0.05) is 0 Å². The number of aromatic nitrogens is 2. The van der Waals surface area contributed by atoms with Gasteiger partial charge in [-0.3, -0.25) is 9.69 Å². The molecule has 8 nitrogen and oxygen atoms in total. The highest BCUT2D eigenvalue weighted by molar-refractivity contribution is 5.86. The molecule has 29 heavy (non-hydrogen) atoms. The van der Waals surface area contributed by atoms with Crippen molar-refractivity contribution in [1.29, 1.82) is 0 Å². The number of anilines is 1. The van der Waals surface area contributed by atoms with Crippen molar-refractivity contribution in [2.75, 3.05) is 37.6 Å². The fraction of sp³-hybridized carbons (Fsp3) is 0.714. The fourth-order valence-corrected chi connectivity index (χ4v) is 4.03. The molecule has 0 bridgehead atoms. The number of rotatable bonds is 3. The van der Waals surface area contributed by atoms with Crippen LogP contribution in [0.4, 0.5) is 10.6 Å². The number of nitrogens with zero attached hydrogens (tertiary/aromatic N) is 5. The predicted octanol–water partition coefficient (Wildman–Crippen LogP) is 2.40. The summed E-state index contributed by atoms with van der Waals surface area (Å²) in [5.41, 5.74) is 0.528. The lowest BCUT2D eigenvalue weighted by Gasteiger charge is -2.37. The average Bonchev–Trinajstić information content (AvgIpc) is 3.42. The molecule has 1 atom stereocenters. The molecule has 0 aromatic carbocycles. The van der Waals surface area contributed by atoms with E-state index in [1.54, 1.807) is 4.90 Å². The van der Waals surface area contributed by atoms with E-state index in [1.807, 2.05) is 31.7 Å². The van der Waals surface area contributed by atoms with E-state index in [0.717, 1.165) is 31.0 Å². The molecular formula is C21H31N5O3. The molecule has 1 unspecified atom stereocenters. The van der Waals surface area contributed by atoms with Crippen LogP contribution in [-0.2, 0) is 9.53 Å². The number of carbonyl (C=O) groups excluding carboxylic acids is 2. The molecule has 1 aromatic rings. The summed E-state index contributed by atoms with van der Waals surface area (Å²) in [6.45, 7) is 8.82. The normalized spacial score (nSPS) is 22.7. The highest BCUT2D eigenvalue weighted by atomic mass is 16.6. The van der Waals surface area contributed by atoms with Crippen molar-refractivity contribution in [2.24, 2.45) is 0 Å². The van der Waals surface area contributed by atoms with Crippen molar-refractivity contribution in [3.05, 3.63) is 17.8 Å². The van der Waals surface area contributed by atoms with Crippen LogP contribution in [-0.4, -0.2) is 76.4 Å². The van der Waals surface area contributed by atoms with Crippen LogP contribution in [0.1, 0.15) is 58.1 Å². The minimum atomic E-state index is -0.561. The maximum Gasteiger partial charge on any atom is 0.410 e. The van der Waals surface area contributed by atoms with E-state index in [2.05, 4.69) is 21.2 Å². The number of likely N-dealkylation sites (tertiary alicyclic amines) is 1. The third-order valence-electron chi connectivity index (χ3n) is 5.75. The van der Waals surface area contributed by atoms with Gasteiger partial charge in [-0.15, -0.1) is 5.10 Å². The maximum absolute atomic E-state index is 13.1. The lowest BCUT2D eigenvalue weighted by Crippen LogP contribution is -2.55. The number of piperazine rings is 1. The van der Waals surface area contributed by atoms with E-state index >= 15 is 0 Å². The molecule has 2 aliphatic heterocycles. The van der Waals surface area contributed by atoms with Crippen LogP contribution >= 0.6 is 0 Å². The number of amides is 2. The first kappa shape index (κ1) is 19.9. The molecule has 8 heteroatoms. The molecule has 158 valence electrons. The van der Waals surface area contributed by atoms with Gasteiger partial charge in [0.05, 0.1) is 5.69 Å². The molecule has 2 saturated heterocycles. The molecule has 2 amide bonds. The van der Waals surface area contributed by atoms with Crippen LogP contribution in [0.2, 0.25) is 0 Å². The molecule has 0 radical (unpaired) electrons. The van der Waals surface area contributed by atoms with Gasteiger partial charge in [0.15, 0.2) is 5.82 Å². The van der Waals surface area contributed by atoms with Crippen LogP contribution in [0.15, 0.2) is 12.1 Å². The summed E-state index contributed by atoms with van der Waals surface area (Å²) >= 11 is 0. The molecule has 4 rings (SSSR count). The minimum Gasteiger partial charge on any atom is -0.444 e. The molecule has 3 heterocycles. The van der Waals surface area contributed by atoms with E-state index in [0.29, 0.717) is 32.0 Å². The van der Waals surface area contributed by atoms with Gasteiger partial charge in [0.25, 0.3) is 0 Å². The topological polar surface area (TPSA) is 78.9 Å². The first-order chi connectivity index (χ1) is 13.8. The van der Waals surface area contributed by atoms with Gasteiger partial charge < -0.3 is 14.5 Å². The molecule has 0 spiro atoms. The predicted molar refractivity (Wildman–Crippen MR) is 109 cm³/mol. The summed E-state index contributed by atoms with van der Waals surface area (Å²) in [7, 11) is 0. The Kier molecular flexibility index (Phi) is 5.36. The highest BCUT2D eigenvalue weighted by Crippen LogP contribution is 2.38. The van der Waals surface area contributed by atoms with Gasteiger partial charge in [-0.25, -0.2) is 4.79 Å². The zero-order valence-electron chi connectivity index (χ0n) is 17.6. The molecular weight excluding hydrogens is 370 g/mol. The zero-order chi connectivity index (χ0) is 20.6. The lowest BCUT2D eigenvalue weighted by atomic mass is 10.1. The first-order valence-electron chi connectivity index (χ1n) is 10.7. The second kappa shape index (κ2) is 7.80. The van der Waals surface area contributed by atoms with Crippen LogP contribution < -0.4 is 4.90 Å². The van der Waals surface area contributed by atoms with E-state index < -0.39 is 17.7 Å². The van der Waals surface area contributed by atoms with Gasteiger partial charge in [0.2, 0.25) is 5.91 Å². The number of hydrogen-bond donors (Lipinski definition) is 0. The first-order valence-corrected chi connectivity index (χ1v) is 10.7. The van der Waals surface area contributed by atoms with Gasteiger partial charge in [0, 0.05) is 38.6 Å². The number of carbonyl (C=O) groups is 2. The van der Waals surface area contributed by atoms with E-state index in [4.69, 9.17) is 4.74 Å². The van der Waals surface area contributed by atoms with Crippen LogP contribution in [0.3, 0.4) is 0 Å². The van der Waals surface area contributed by atoms with Crippen molar-refractivity contribution < 1.29 is 14.3 Å². The molecule has 3 fully saturated rings. The third kappa shape index (κ3) is 4.62. The summed E-state index contributed by atoms with van der Waals surface area (Å²) in [5, 5.41) is 8.74. The summed E-state index contributed by atoms with van der Waals surface area (Å²) in [6.07, 6.45) is 3.58. The van der Waals surface area contributed by atoms with Crippen molar-refractivity contribution in [1.82, 2.24) is 20.0 Å². The summed E-state index contributed by atoms with van der Waals surface area (Å²) in [4.78, 5) is 31.2. The zero-order valence-corrected chi connectivity index (χ0v) is 17.6. The minimum absolute atomic E-state index is 0.0307. The Morgan fingerprint density at radius 1 is 1.00 bits per heavy atom. The molecule has 0 N–H and O–H groups in total. The summed E-state index contributed by atoms with van der Waals surface area (Å²) in [6, 6.07) is 3.71. The van der Waals surface area contributed by atoms with Crippen LogP contribution in [0.5, 0.6) is 0 Å². The van der Waals surface area contributed by atoms with Crippen molar-refractivity contribution in [3.8, 4) is 0 Å². The Morgan fingerprint density at radius 2 is 1.72 bits per heavy atom. The maximum atomic E-state index is 13.1. The van der Waals surface area contributed by atoms with Crippen LogP contribution in [0.25, 0.3) is 0 Å². The Hall–Kier alpha value is -2.38. The Bertz CT molecular complexity index is 749. The fourth-order valence-electron chi connectivity index (χ4n) is 4.03. The standard InChI is InChI=1S/C21H31N5O3/c1-21(2,3)29-20(28)26-10-4-5-17(26)19(27)25-13-11-24(12-14-25)18-9-8-16(22-23-18)15-6-7-15/h8-9,15,17H,4-7,10-14H2,1-3H3. The van der Waals surface area contributed by atoms with Gasteiger partial charge in [-0.05, 0) is 58.6 Å². The monoisotopic (exact) mass is 401 g/mol. The summed E-state index contributed by atoms with van der Waals surface area (Å²) < 4.78 is 5.49. The Labute approximate surface area is 172 Å². The molecule has 1 aromatic heterocycles. The van der Waals surface area contributed by atoms with E-state index in [1.165, 1.54) is 12.8 Å². The molecule has 3 aliphatic rings. The van der Waals surface area contributed by atoms with Gasteiger partial charge >= 0.3 is 6.09 Å². The van der Waals surface area contributed by atoms with E-state index in [-0.39, 0.29) is 5.91 Å². The van der Waals surface area contributed by atoms with E-state index in [9.17, 15) is 9.59 Å². The average molecular weight is 402 g/mol. The van der Waals surface area contributed by atoms with Crippen molar-refractivity contribution in [3.63, 3.8) is 0 Å². The third-order valence-corrected chi connectivity index (χ3v) is 5.75. The Balaban J connectivity index is 1.32. The quantitative estimate of drug-likeness (QED) is 0.774. The van der Waals surface area contributed by atoms with Gasteiger partial charge in [0.1, 0.15) is 11.6 Å². The highest BCUT2D eigenvalue weighted by Gasteiger charge is 2.39. The molecule has 1 saturated carbocycles. The van der Waals surface area contributed by atoms with Crippen molar-refractivity contribution in [2.45, 2.75) is 64.0 Å². The van der Waals surface area contributed by atoms with Gasteiger partial charge in [-0.2, -0.15) is 5.10 Å². The second-order valence-electron chi connectivity index (χ2n) is 9.23. The molecule has 1 aliphatic carbocycles. The second-order valence-corrected chi connectivity index (χ2v) is 9.23. The Morgan fingerprint density at radius 3 is 2.31 bits per heavy atom. The smallest absolute Gasteiger partial charge is 0.410 e. The van der Waals surface area contributed by atoms with Crippen molar-refractivity contribution >= 4 is 17.8 Å². The SMILES string of the molecule is CC(C)(C)OC(=O)N1CCCC1C(=O)N1CCN(c2ccc(C3CC3)nn2)CC1. The number of ether oxygens (including phenoxy) is 1. The summed E-state index contributed by atoms with van der Waals surface area (Å²) in [5.74, 6) is 1.51. The largest absolute Gasteiger partial charge is 0.444 e. The lowest BCUT2D eigenvalue weighted by molar-refractivity contribution is -0.136.